The first-order chi connectivity index (χ1) is 4.93. The van der Waals surface area contributed by atoms with Crippen LogP contribution in [-0.4, -0.2) is 19.9 Å². The highest BCUT2D eigenvalue weighted by molar-refractivity contribution is 5.61. The normalized spacial score (nSPS) is 16.7. The lowest BCUT2D eigenvalue weighted by Gasteiger charge is -1.96. The van der Waals surface area contributed by atoms with Gasteiger partial charge < -0.3 is 4.74 Å². The summed E-state index contributed by atoms with van der Waals surface area (Å²) < 4.78 is 4.96. The van der Waals surface area contributed by atoms with Gasteiger partial charge >= 0.3 is 0 Å². The smallest absolute Gasteiger partial charge is 0.0710 e. The van der Waals surface area contributed by atoms with E-state index in [1.54, 1.807) is 13.3 Å². The van der Waals surface area contributed by atoms with Crippen LogP contribution >= 0.6 is 0 Å². The van der Waals surface area contributed by atoms with Gasteiger partial charge in [0.05, 0.1) is 6.61 Å². The van der Waals surface area contributed by atoms with Gasteiger partial charge in [0, 0.05) is 25.9 Å². The summed E-state index contributed by atoms with van der Waals surface area (Å²) in [6.45, 7) is 0.680. The molecule has 0 bridgehead atoms. The Kier molecular flexibility index (Phi) is 2.90. The van der Waals surface area contributed by atoms with E-state index in [4.69, 9.17) is 4.74 Å². The van der Waals surface area contributed by atoms with Crippen molar-refractivity contribution in [1.29, 1.82) is 0 Å². The van der Waals surface area contributed by atoms with Crippen LogP contribution in [0.2, 0.25) is 0 Å². The van der Waals surface area contributed by atoms with Gasteiger partial charge in [-0.25, -0.2) is 0 Å². The van der Waals surface area contributed by atoms with Gasteiger partial charge in [0.25, 0.3) is 0 Å². The van der Waals surface area contributed by atoms with Gasteiger partial charge in [-0.05, 0) is 11.6 Å². The topological polar surface area (TPSA) is 21.6 Å². The molecule has 1 rings (SSSR count). The lowest BCUT2D eigenvalue weighted by atomic mass is 10.2. The van der Waals surface area contributed by atoms with Gasteiger partial charge in [0.15, 0.2) is 0 Å². The summed E-state index contributed by atoms with van der Waals surface area (Å²) in [5.74, 6) is 0. The highest BCUT2D eigenvalue weighted by Gasteiger charge is 1.91. The predicted octanol–water partition coefficient (Wildman–Crippen LogP) is 1.55. The number of nitrogens with zero attached hydrogens (tertiary/aromatic N) is 1. The second-order valence-corrected chi connectivity index (χ2v) is 2.10. The molecule has 1 heterocycles. The molecule has 2 heteroatoms. The van der Waals surface area contributed by atoms with Crippen molar-refractivity contribution in [3.63, 3.8) is 0 Å². The van der Waals surface area contributed by atoms with Crippen molar-refractivity contribution in [2.24, 2.45) is 4.99 Å². The number of hydrogen-bond acceptors (Lipinski definition) is 2. The van der Waals surface area contributed by atoms with Crippen molar-refractivity contribution >= 4 is 6.21 Å². The molecule has 0 spiro atoms. The van der Waals surface area contributed by atoms with E-state index in [9.17, 15) is 0 Å². The molecule has 2 nitrogen and oxygen atoms in total. The molecule has 0 fully saturated rings. The minimum absolute atomic E-state index is 0.680. The van der Waals surface area contributed by atoms with Crippen molar-refractivity contribution in [2.45, 2.75) is 6.42 Å². The standard InChI is InChI=1S/C8H11NO/c1-10-7-8-3-2-5-9-6-4-8/h3-6H,2,7H2,1H3. The highest BCUT2D eigenvalue weighted by Crippen LogP contribution is 2.01. The second-order valence-electron chi connectivity index (χ2n) is 2.10. The van der Waals surface area contributed by atoms with Crippen LogP contribution in [0.25, 0.3) is 0 Å². The van der Waals surface area contributed by atoms with Crippen LogP contribution in [-0.2, 0) is 4.74 Å². The predicted molar refractivity (Wildman–Crippen MR) is 42.2 cm³/mol. The molecular formula is C8H11NO. The van der Waals surface area contributed by atoms with E-state index in [-0.39, 0.29) is 0 Å². The van der Waals surface area contributed by atoms with Gasteiger partial charge in [-0.15, -0.1) is 0 Å². The number of allylic oxidation sites excluding steroid dienone is 1. The molecule has 0 aromatic carbocycles. The van der Waals surface area contributed by atoms with E-state index in [0.29, 0.717) is 6.61 Å². The number of aliphatic imine (C=N–C) groups is 1. The van der Waals surface area contributed by atoms with Gasteiger partial charge in [0.1, 0.15) is 0 Å². The van der Waals surface area contributed by atoms with Crippen molar-refractivity contribution in [1.82, 2.24) is 0 Å². The van der Waals surface area contributed by atoms with Gasteiger partial charge in [-0.2, -0.15) is 0 Å². The maximum atomic E-state index is 4.96. The second kappa shape index (κ2) is 4.01. The van der Waals surface area contributed by atoms with Crippen LogP contribution in [0.1, 0.15) is 6.42 Å². The Balaban J connectivity index is 2.51. The van der Waals surface area contributed by atoms with E-state index < -0.39 is 0 Å². The molecule has 1 aliphatic heterocycles. The van der Waals surface area contributed by atoms with Crippen molar-refractivity contribution in [2.75, 3.05) is 13.7 Å². The zero-order chi connectivity index (χ0) is 7.23. The Morgan fingerprint density at radius 3 is 3.40 bits per heavy atom. The molecule has 0 unspecified atom stereocenters. The van der Waals surface area contributed by atoms with E-state index >= 15 is 0 Å². The molecule has 0 radical (unpaired) electrons. The summed E-state index contributed by atoms with van der Waals surface area (Å²) >= 11 is 0. The highest BCUT2D eigenvalue weighted by atomic mass is 16.5. The molecule has 0 N–H and O–H groups in total. The average Bonchev–Trinajstić information content (AvgIpc) is 2.17. The Morgan fingerprint density at radius 2 is 2.60 bits per heavy atom. The molecule has 0 aromatic heterocycles. The summed E-state index contributed by atoms with van der Waals surface area (Å²) in [5, 5.41) is 0. The van der Waals surface area contributed by atoms with E-state index in [1.807, 2.05) is 12.3 Å². The average molecular weight is 137 g/mol. The van der Waals surface area contributed by atoms with Crippen LogP contribution in [0.5, 0.6) is 0 Å². The van der Waals surface area contributed by atoms with Crippen LogP contribution in [0.15, 0.2) is 28.9 Å². The van der Waals surface area contributed by atoms with Crippen LogP contribution < -0.4 is 0 Å². The summed E-state index contributed by atoms with van der Waals surface area (Å²) in [6, 6.07) is 0. The molecule has 0 aromatic rings. The largest absolute Gasteiger partial charge is 0.380 e. The summed E-state index contributed by atoms with van der Waals surface area (Å²) in [6.07, 6.45) is 8.65. The van der Waals surface area contributed by atoms with Crippen LogP contribution in [0.3, 0.4) is 0 Å². The van der Waals surface area contributed by atoms with Crippen LogP contribution in [0, 0.1) is 0 Å². The number of hydrogen-bond donors (Lipinski definition) is 0. The van der Waals surface area contributed by atoms with Crippen LogP contribution in [0.4, 0.5) is 0 Å². The zero-order valence-electron chi connectivity index (χ0n) is 6.08. The third-order valence-electron chi connectivity index (χ3n) is 1.28. The summed E-state index contributed by atoms with van der Waals surface area (Å²) in [7, 11) is 1.69. The first-order valence-electron chi connectivity index (χ1n) is 3.29. The monoisotopic (exact) mass is 137 g/mol. The molecular weight excluding hydrogens is 126 g/mol. The van der Waals surface area contributed by atoms with E-state index in [1.165, 1.54) is 5.57 Å². The third kappa shape index (κ3) is 2.15. The molecule has 0 amide bonds. The van der Waals surface area contributed by atoms with Gasteiger partial charge in [-0.3, -0.25) is 4.99 Å². The maximum Gasteiger partial charge on any atom is 0.0710 e. The minimum atomic E-state index is 0.680. The Hall–Kier alpha value is -0.890. The SMILES string of the molecule is COCC1=CCC=NC=C1. The van der Waals surface area contributed by atoms with E-state index in [0.717, 1.165) is 6.42 Å². The third-order valence-corrected chi connectivity index (χ3v) is 1.28. The van der Waals surface area contributed by atoms with Crippen molar-refractivity contribution < 1.29 is 4.74 Å². The molecule has 0 saturated carbocycles. The fourth-order valence-electron chi connectivity index (χ4n) is 0.806. The molecule has 1 aliphatic rings. The van der Waals surface area contributed by atoms with Gasteiger partial charge in [0.2, 0.25) is 0 Å². The lowest BCUT2D eigenvalue weighted by molar-refractivity contribution is 0.228. The summed E-state index contributed by atoms with van der Waals surface area (Å²) in [5.41, 5.74) is 1.19. The van der Waals surface area contributed by atoms with Gasteiger partial charge in [-0.1, -0.05) is 6.08 Å². The number of rotatable bonds is 2. The maximum absolute atomic E-state index is 4.96. The molecule has 0 saturated heterocycles. The minimum Gasteiger partial charge on any atom is -0.380 e. The fourth-order valence-corrected chi connectivity index (χ4v) is 0.806. The molecule has 0 atom stereocenters. The summed E-state index contributed by atoms with van der Waals surface area (Å²) in [4.78, 5) is 3.99. The quantitative estimate of drug-likeness (QED) is 0.565. The van der Waals surface area contributed by atoms with Crippen molar-refractivity contribution in [3.8, 4) is 0 Å². The molecule has 10 heavy (non-hydrogen) atoms. The first kappa shape index (κ1) is 7.22. The van der Waals surface area contributed by atoms with E-state index in [2.05, 4.69) is 11.1 Å². The Labute approximate surface area is 60.9 Å². The molecule has 54 valence electrons. The lowest BCUT2D eigenvalue weighted by Crippen LogP contribution is -1.90. The number of ether oxygens (including phenoxy) is 1. The zero-order valence-corrected chi connectivity index (χ0v) is 6.08. The Morgan fingerprint density at radius 1 is 1.70 bits per heavy atom. The first-order valence-corrected chi connectivity index (χ1v) is 3.29. The van der Waals surface area contributed by atoms with Crippen molar-refractivity contribution in [3.05, 3.63) is 23.9 Å². The fraction of sp³-hybridized carbons (Fsp3) is 0.375. The number of methoxy groups -OCH3 is 1. The Bertz CT molecular complexity index is 180. The molecule has 0 aliphatic carbocycles.